The van der Waals surface area contributed by atoms with Crippen molar-refractivity contribution in [1.29, 1.82) is 0 Å². The summed E-state index contributed by atoms with van der Waals surface area (Å²) in [5.74, 6) is -0.365. The molecular formula is C11H13FO. The molecule has 1 unspecified atom stereocenters. The summed E-state index contributed by atoms with van der Waals surface area (Å²) in [4.78, 5) is 0. The van der Waals surface area contributed by atoms with Gasteiger partial charge in [-0.15, -0.1) is 6.58 Å². The van der Waals surface area contributed by atoms with Gasteiger partial charge in [0.1, 0.15) is 5.82 Å². The van der Waals surface area contributed by atoms with Crippen LogP contribution in [-0.4, -0.2) is 5.11 Å². The van der Waals surface area contributed by atoms with Crippen LogP contribution in [0.25, 0.3) is 0 Å². The highest BCUT2D eigenvalue weighted by atomic mass is 19.1. The number of halogens is 1. The Labute approximate surface area is 77.5 Å². The Hall–Kier alpha value is -1.15. The van der Waals surface area contributed by atoms with E-state index in [0.717, 1.165) is 5.57 Å². The van der Waals surface area contributed by atoms with E-state index < -0.39 is 6.10 Å². The van der Waals surface area contributed by atoms with E-state index >= 15 is 0 Å². The normalized spacial score (nSPS) is 12.5. The molecule has 0 saturated carbocycles. The maximum Gasteiger partial charge on any atom is 0.129 e. The molecule has 0 saturated heterocycles. The van der Waals surface area contributed by atoms with Gasteiger partial charge >= 0.3 is 0 Å². The Balaban J connectivity index is 2.82. The molecule has 1 nitrogen and oxygen atoms in total. The molecule has 1 rings (SSSR count). The Morgan fingerprint density at radius 1 is 1.54 bits per heavy atom. The Morgan fingerprint density at radius 2 is 2.15 bits per heavy atom. The van der Waals surface area contributed by atoms with Crippen molar-refractivity contribution in [2.45, 2.75) is 19.4 Å². The first-order valence-corrected chi connectivity index (χ1v) is 4.18. The van der Waals surface area contributed by atoms with Crippen molar-refractivity contribution in [2.24, 2.45) is 0 Å². The second kappa shape index (κ2) is 4.19. The standard InChI is InChI=1S/C11H13FO/c1-8(2)7-11(13)9-5-3-4-6-10(9)12/h3-6,11,13H,1,7H2,2H3. The van der Waals surface area contributed by atoms with E-state index in [1.54, 1.807) is 18.2 Å². The molecule has 0 aliphatic carbocycles. The summed E-state index contributed by atoms with van der Waals surface area (Å²) in [6.45, 7) is 5.48. The van der Waals surface area contributed by atoms with E-state index in [1.807, 2.05) is 6.92 Å². The summed E-state index contributed by atoms with van der Waals surface area (Å²) in [5.41, 5.74) is 1.18. The Kier molecular flexibility index (Phi) is 3.20. The van der Waals surface area contributed by atoms with Crippen LogP contribution in [0.15, 0.2) is 36.4 Å². The fraction of sp³-hybridized carbons (Fsp3) is 0.273. The molecule has 0 radical (unpaired) electrons. The largest absolute Gasteiger partial charge is 0.388 e. The van der Waals surface area contributed by atoms with Crippen LogP contribution in [0, 0.1) is 5.82 Å². The van der Waals surface area contributed by atoms with Gasteiger partial charge in [-0.2, -0.15) is 0 Å². The molecule has 1 aromatic carbocycles. The molecule has 0 bridgehead atoms. The Bertz CT molecular complexity index is 307. The van der Waals surface area contributed by atoms with Gasteiger partial charge in [-0.25, -0.2) is 4.39 Å². The molecule has 1 aromatic rings. The number of aliphatic hydroxyl groups is 1. The van der Waals surface area contributed by atoms with E-state index in [0.29, 0.717) is 12.0 Å². The van der Waals surface area contributed by atoms with Crippen LogP contribution in [-0.2, 0) is 0 Å². The highest BCUT2D eigenvalue weighted by Crippen LogP contribution is 2.22. The minimum atomic E-state index is -0.779. The smallest absolute Gasteiger partial charge is 0.129 e. The lowest BCUT2D eigenvalue weighted by molar-refractivity contribution is 0.173. The maximum absolute atomic E-state index is 13.1. The lowest BCUT2D eigenvalue weighted by Gasteiger charge is -2.11. The minimum absolute atomic E-state index is 0.338. The summed E-state index contributed by atoms with van der Waals surface area (Å²) in [6, 6.07) is 6.24. The van der Waals surface area contributed by atoms with Crippen LogP contribution in [0.3, 0.4) is 0 Å². The first-order valence-electron chi connectivity index (χ1n) is 4.18. The topological polar surface area (TPSA) is 20.2 Å². The lowest BCUT2D eigenvalue weighted by atomic mass is 10.0. The van der Waals surface area contributed by atoms with Crippen molar-refractivity contribution in [1.82, 2.24) is 0 Å². The van der Waals surface area contributed by atoms with Gasteiger partial charge in [0.05, 0.1) is 6.10 Å². The average Bonchev–Trinajstić information content (AvgIpc) is 2.03. The van der Waals surface area contributed by atoms with Gasteiger partial charge in [0.15, 0.2) is 0 Å². The van der Waals surface area contributed by atoms with Crippen molar-refractivity contribution in [3.63, 3.8) is 0 Å². The van der Waals surface area contributed by atoms with Gasteiger partial charge < -0.3 is 5.11 Å². The summed E-state index contributed by atoms with van der Waals surface area (Å²) in [6.07, 6.45) is -0.375. The fourth-order valence-electron chi connectivity index (χ4n) is 1.19. The van der Waals surface area contributed by atoms with Gasteiger partial charge in [0, 0.05) is 5.56 Å². The third-order valence-electron chi connectivity index (χ3n) is 1.81. The van der Waals surface area contributed by atoms with E-state index in [4.69, 9.17) is 0 Å². The predicted octanol–water partition coefficient (Wildman–Crippen LogP) is 2.83. The van der Waals surface area contributed by atoms with Crippen molar-refractivity contribution in [3.8, 4) is 0 Å². The van der Waals surface area contributed by atoms with Crippen molar-refractivity contribution < 1.29 is 9.50 Å². The molecule has 0 fully saturated rings. The number of aliphatic hydroxyl groups excluding tert-OH is 1. The summed E-state index contributed by atoms with van der Waals surface area (Å²) in [5, 5.41) is 9.57. The van der Waals surface area contributed by atoms with Crippen molar-refractivity contribution in [3.05, 3.63) is 47.8 Å². The Morgan fingerprint density at radius 3 is 2.69 bits per heavy atom. The van der Waals surface area contributed by atoms with Gasteiger partial charge in [0.2, 0.25) is 0 Å². The summed E-state index contributed by atoms with van der Waals surface area (Å²) in [7, 11) is 0. The quantitative estimate of drug-likeness (QED) is 0.709. The second-order valence-electron chi connectivity index (χ2n) is 3.20. The molecule has 0 heterocycles. The first kappa shape index (κ1) is 9.93. The second-order valence-corrected chi connectivity index (χ2v) is 3.20. The van der Waals surface area contributed by atoms with E-state index in [9.17, 15) is 9.50 Å². The predicted molar refractivity (Wildman–Crippen MR) is 50.8 cm³/mol. The minimum Gasteiger partial charge on any atom is -0.388 e. The maximum atomic E-state index is 13.1. The SMILES string of the molecule is C=C(C)CC(O)c1ccccc1F. The van der Waals surface area contributed by atoms with E-state index in [-0.39, 0.29) is 5.82 Å². The first-order chi connectivity index (χ1) is 6.11. The van der Waals surface area contributed by atoms with Crippen LogP contribution in [0.4, 0.5) is 4.39 Å². The lowest BCUT2D eigenvalue weighted by Crippen LogP contribution is -2.00. The molecule has 2 heteroatoms. The molecule has 13 heavy (non-hydrogen) atoms. The van der Waals surface area contributed by atoms with Crippen LogP contribution < -0.4 is 0 Å². The molecule has 70 valence electrons. The molecule has 0 spiro atoms. The summed E-state index contributed by atoms with van der Waals surface area (Å²) >= 11 is 0. The number of benzene rings is 1. The van der Waals surface area contributed by atoms with Crippen molar-refractivity contribution in [2.75, 3.05) is 0 Å². The zero-order valence-electron chi connectivity index (χ0n) is 7.63. The molecule has 1 atom stereocenters. The van der Waals surface area contributed by atoms with Gasteiger partial charge in [0.25, 0.3) is 0 Å². The van der Waals surface area contributed by atoms with Crippen LogP contribution >= 0.6 is 0 Å². The van der Waals surface area contributed by atoms with Crippen molar-refractivity contribution >= 4 is 0 Å². The molecule has 0 aromatic heterocycles. The highest BCUT2D eigenvalue weighted by molar-refractivity contribution is 5.20. The molecule has 1 N–H and O–H groups in total. The van der Waals surface area contributed by atoms with Crippen LogP contribution in [0.1, 0.15) is 25.0 Å². The van der Waals surface area contributed by atoms with Gasteiger partial charge in [-0.05, 0) is 19.4 Å². The van der Waals surface area contributed by atoms with E-state index in [1.165, 1.54) is 6.07 Å². The van der Waals surface area contributed by atoms with Crippen LogP contribution in [0.5, 0.6) is 0 Å². The molecule has 0 amide bonds. The number of hydrogen-bond donors (Lipinski definition) is 1. The molecule has 0 aliphatic heterocycles. The third-order valence-corrected chi connectivity index (χ3v) is 1.81. The zero-order chi connectivity index (χ0) is 9.84. The number of rotatable bonds is 3. The van der Waals surface area contributed by atoms with Gasteiger partial charge in [-0.3, -0.25) is 0 Å². The van der Waals surface area contributed by atoms with Crippen LogP contribution in [0.2, 0.25) is 0 Å². The highest BCUT2D eigenvalue weighted by Gasteiger charge is 2.11. The monoisotopic (exact) mass is 180 g/mol. The average molecular weight is 180 g/mol. The summed E-state index contributed by atoms with van der Waals surface area (Å²) < 4.78 is 13.1. The number of hydrogen-bond acceptors (Lipinski definition) is 1. The third kappa shape index (κ3) is 2.67. The fourth-order valence-corrected chi connectivity index (χ4v) is 1.19. The van der Waals surface area contributed by atoms with E-state index in [2.05, 4.69) is 6.58 Å². The molecular weight excluding hydrogens is 167 g/mol. The van der Waals surface area contributed by atoms with Gasteiger partial charge in [-0.1, -0.05) is 23.8 Å². The zero-order valence-corrected chi connectivity index (χ0v) is 7.63. The molecule has 0 aliphatic rings.